The van der Waals surface area contributed by atoms with Crippen molar-refractivity contribution in [3.05, 3.63) is 23.3 Å². The Kier molecular flexibility index (Phi) is 18.8. The monoisotopic (exact) mass is 811 g/mol. The molecule has 57 heavy (non-hydrogen) atoms. The van der Waals surface area contributed by atoms with E-state index < -0.39 is 11.0 Å². The van der Waals surface area contributed by atoms with E-state index in [1.165, 1.54) is 24.8 Å². The van der Waals surface area contributed by atoms with Crippen LogP contribution in [0.5, 0.6) is 11.5 Å². The minimum absolute atomic E-state index is 0.0598. The van der Waals surface area contributed by atoms with Gasteiger partial charge in [-0.2, -0.15) is 0 Å². The molecule has 1 aromatic rings. The first-order chi connectivity index (χ1) is 28.1. The predicted molar refractivity (Wildman–Crippen MR) is 208 cm³/mol. The molecule has 3 fully saturated rings. The summed E-state index contributed by atoms with van der Waals surface area (Å²) < 4.78 is 67.7. The van der Waals surface area contributed by atoms with Gasteiger partial charge in [0.15, 0.2) is 11.5 Å². The van der Waals surface area contributed by atoms with Crippen LogP contribution in [0.1, 0.15) is 49.7 Å². The Morgan fingerprint density at radius 1 is 0.649 bits per heavy atom. The second-order valence-electron chi connectivity index (χ2n) is 15.6. The average Bonchev–Trinajstić information content (AvgIpc) is 3.55. The minimum Gasteiger partial charge on any atom is -0.504 e. The number of phenolic OH excluding ortho intramolecular Hbond substituents is 1. The van der Waals surface area contributed by atoms with Gasteiger partial charge < -0.3 is 67.1 Å². The van der Waals surface area contributed by atoms with Gasteiger partial charge in [-0.15, -0.1) is 0 Å². The largest absolute Gasteiger partial charge is 0.504 e. The highest BCUT2D eigenvalue weighted by molar-refractivity contribution is 5.62. The summed E-state index contributed by atoms with van der Waals surface area (Å²) in [6.07, 6.45) is 6.36. The van der Waals surface area contributed by atoms with Gasteiger partial charge in [0.05, 0.1) is 149 Å². The van der Waals surface area contributed by atoms with Crippen molar-refractivity contribution in [1.82, 2.24) is 4.90 Å². The van der Waals surface area contributed by atoms with E-state index >= 15 is 0 Å². The number of ether oxygens (including phenoxy) is 12. The summed E-state index contributed by atoms with van der Waals surface area (Å²) in [5.41, 5.74) is 0.761. The molecule has 1 spiro atoms. The number of likely N-dealkylation sites (tertiary alicyclic amines) is 1. The molecule has 15 heteroatoms. The van der Waals surface area contributed by atoms with Gasteiger partial charge >= 0.3 is 0 Å². The van der Waals surface area contributed by atoms with E-state index in [0.29, 0.717) is 151 Å². The van der Waals surface area contributed by atoms with Gasteiger partial charge in [0, 0.05) is 25.3 Å². The minimum atomic E-state index is -0.905. The molecule has 326 valence electrons. The van der Waals surface area contributed by atoms with Crippen LogP contribution in [-0.4, -0.2) is 191 Å². The number of benzene rings is 1. The Hall–Kier alpha value is -1.70. The molecule has 15 nitrogen and oxygen atoms in total. The standard InChI is InChI=1S/C42H69NO14/c1-46-11-12-47-13-14-48-15-16-49-17-18-50-19-20-51-21-22-52-23-24-53-25-26-54-27-28-55-29-30-56-36-7-8-42(45)37-31-34-5-6-35(44)39-38(34)41(42,40(36)57-39)9-10-43(37)32-33-3-2-4-33/h5-6,33,36-37,40,44-45H,2-4,7-32H2,1H3/t36?,37?,40-,41?,42+/m0/s1. The first-order valence-corrected chi connectivity index (χ1v) is 21.4. The highest BCUT2D eigenvalue weighted by Gasteiger charge is 2.73. The summed E-state index contributed by atoms with van der Waals surface area (Å²) in [5, 5.41) is 23.5. The molecular weight excluding hydrogens is 742 g/mol. The van der Waals surface area contributed by atoms with Crippen molar-refractivity contribution >= 4 is 0 Å². The normalized spacial score (nSPS) is 26.4. The third kappa shape index (κ3) is 11.8. The van der Waals surface area contributed by atoms with E-state index in [2.05, 4.69) is 4.90 Å². The Morgan fingerprint density at radius 2 is 1.14 bits per heavy atom. The summed E-state index contributed by atoms with van der Waals surface area (Å²) in [6, 6.07) is 3.86. The lowest BCUT2D eigenvalue weighted by Crippen LogP contribution is -2.77. The van der Waals surface area contributed by atoms with Gasteiger partial charge in [-0.1, -0.05) is 12.5 Å². The number of piperidine rings is 1. The maximum Gasteiger partial charge on any atom is 0.165 e. The van der Waals surface area contributed by atoms with E-state index in [-0.39, 0.29) is 24.0 Å². The molecule has 1 aromatic carbocycles. The molecule has 2 saturated carbocycles. The number of hydrogen-bond acceptors (Lipinski definition) is 15. The molecule has 0 radical (unpaired) electrons. The zero-order valence-corrected chi connectivity index (χ0v) is 34.2. The van der Waals surface area contributed by atoms with Crippen LogP contribution in [0.3, 0.4) is 0 Å². The van der Waals surface area contributed by atoms with Crippen LogP contribution in [0.4, 0.5) is 0 Å². The van der Waals surface area contributed by atoms with Crippen LogP contribution in [0, 0.1) is 5.92 Å². The second kappa shape index (κ2) is 23.9. The van der Waals surface area contributed by atoms with Gasteiger partial charge in [0.25, 0.3) is 0 Å². The Balaban J connectivity index is 0.723. The summed E-state index contributed by atoms with van der Waals surface area (Å²) in [5.74, 6) is 1.45. The average molecular weight is 812 g/mol. The van der Waals surface area contributed by atoms with Crippen molar-refractivity contribution in [1.29, 1.82) is 0 Å². The fourth-order valence-corrected chi connectivity index (χ4v) is 9.24. The first-order valence-electron chi connectivity index (χ1n) is 21.4. The van der Waals surface area contributed by atoms with Gasteiger partial charge in [0.2, 0.25) is 0 Å². The SMILES string of the molecule is COCCOCCOCCOCCOCCOCCOCCOCCOCCOCCOC1CC[C@@]2(O)C3Cc4ccc(O)c5c4C2(CCN3CC2CCC2)[C@H]1O5. The van der Waals surface area contributed by atoms with E-state index in [4.69, 9.17) is 56.8 Å². The number of aromatic hydroxyl groups is 1. The molecule has 3 unspecified atom stereocenters. The van der Waals surface area contributed by atoms with Crippen LogP contribution >= 0.6 is 0 Å². The van der Waals surface area contributed by atoms with Crippen molar-refractivity contribution in [3.8, 4) is 11.5 Å². The van der Waals surface area contributed by atoms with Gasteiger partial charge in [-0.25, -0.2) is 0 Å². The Morgan fingerprint density at radius 3 is 1.61 bits per heavy atom. The van der Waals surface area contributed by atoms with Crippen LogP contribution in [0.2, 0.25) is 0 Å². The fraction of sp³-hybridized carbons (Fsp3) is 0.857. The third-order valence-corrected chi connectivity index (χ3v) is 12.2. The summed E-state index contributed by atoms with van der Waals surface area (Å²) in [6.45, 7) is 12.1. The quantitative estimate of drug-likeness (QED) is 0.1000. The molecule has 2 bridgehead atoms. The Labute approximate surface area is 338 Å². The summed E-state index contributed by atoms with van der Waals surface area (Å²) in [4.78, 5) is 2.57. The Bertz CT molecular complexity index is 1290. The predicted octanol–water partition coefficient (Wildman–Crippen LogP) is 2.53. The lowest BCUT2D eigenvalue weighted by atomic mass is 9.48. The van der Waals surface area contributed by atoms with E-state index in [1.807, 2.05) is 6.07 Å². The number of phenols is 1. The highest BCUT2D eigenvalue weighted by atomic mass is 16.6. The fourth-order valence-electron chi connectivity index (χ4n) is 9.24. The van der Waals surface area contributed by atoms with Crippen LogP contribution in [-0.2, 0) is 63.9 Å². The van der Waals surface area contributed by atoms with Crippen molar-refractivity contribution in [2.24, 2.45) is 5.92 Å². The van der Waals surface area contributed by atoms with E-state index in [0.717, 1.165) is 37.4 Å². The highest BCUT2D eigenvalue weighted by Crippen LogP contribution is 2.65. The second-order valence-corrected chi connectivity index (χ2v) is 15.6. The van der Waals surface area contributed by atoms with Crippen LogP contribution in [0.25, 0.3) is 0 Å². The van der Waals surface area contributed by atoms with Gasteiger partial charge in [-0.3, -0.25) is 4.90 Å². The third-order valence-electron chi connectivity index (χ3n) is 12.2. The number of hydrogen-bond donors (Lipinski definition) is 2. The molecule has 2 heterocycles. The van der Waals surface area contributed by atoms with E-state index in [9.17, 15) is 10.2 Å². The zero-order valence-electron chi connectivity index (χ0n) is 34.2. The topological polar surface area (TPSA) is 154 Å². The maximum atomic E-state index is 12.7. The molecule has 5 atom stereocenters. The number of nitrogens with zero attached hydrogens (tertiary/aromatic N) is 1. The first kappa shape index (κ1) is 44.8. The molecule has 2 aliphatic heterocycles. The van der Waals surface area contributed by atoms with Crippen molar-refractivity contribution in [3.63, 3.8) is 0 Å². The molecule has 2 N–H and O–H groups in total. The van der Waals surface area contributed by atoms with Gasteiger partial charge in [0.1, 0.15) is 6.10 Å². The molecule has 3 aliphatic carbocycles. The molecule has 1 saturated heterocycles. The zero-order chi connectivity index (χ0) is 39.6. The van der Waals surface area contributed by atoms with Crippen LogP contribution < -0.4 is 4.74 Å². The molecule has 0 aromatic heterocycles. The molecular formula is C42H69NO14. The maximum absolute atomic E-state index is 12.7. The number of methoxy groups -OCH3 is 1. The summed E-state index contributed by atoms with van der Waals surface area (Å²) >= 11 is 0. The lowest BCUT2D eigenvalue weighted by Gasteiger charge is -2.64. The van der Waals surface area contributed by atoms with Crippen molar-refractivity contribution in [2.45, 2.75) is 74.2 Å². The number of rotatable bonds is 33. The van der Waals surface area contributed by atoms with Crippen molar-refractivity contribution in [2.75, 3.05) is 152 Å². The smallest absolute Gasteiger partial charge is 0.165 e. The molecule has 5 aliphatic rings. The lowest BCUT2D eigenvalue weighted by molar-refractivity contribution is -0.218. The number of aliphatic hydroxyl groups is 1. The summed E-state index contributed by atoms with van der Waals surface area (Å²) in [7, 11) is 1.65. The van der Waals surface area contributed by atoms with Crippen LogP contribution in [0.15, 0.2) is 12.1 Å². The molecule has 6 rings (SSSR count). The molecule has 0 amide bonds. The van der Waals surface area contributed by atoms with Crippen molar-refractivity contribution < 1.29 is 67.1 Å². The van der Waals surface area contributed by atoms with E-state index in [1.54, 1.807) is 13.2 Å². The van der Waals surface area contributed by atoms with Gasteiger partial charge in [-0.05, 0) is 62.6 Å².